The van der Waals surface area contributed by atoms with Crippen molar-refractivity contribution < 1.29 is 9.63 Å². The van der Waals surface area contributed by atoms with E-state index in [-0.39, 0.29) is 5.92 Å². The average molecular weight is 473 g/mol. The van der Waals surface area contributed by atoms with Crippen LogP contribution in [0.1, 0.15) is 51.4 Å². The fraction of sp³-hybridized carbons (Fsp3) is 0.333. The number of nitrogens with one attached hydrogen (secondary N) is 1. The zero-order valence-electron chi connectivity index (χ0n) is 20.7. The molecule has 182 valence electrons. The average Bonchev–Trinajstić information content (AvgIpc) is 3.53. The second kappa shape index (κ2) is 10.7. The summed E-state index contributed by atoms with van der Waals surface area (Å²) < 4.78 is 2.24. The zero-order chi connectivity index (χ0) is 24.8. The van der Waals surface area contributed by atoms with Gasteiger partial charge < -0.3 is 9.55 Å². The Balaban J connectivity index is 1.73. The second-order valence-corrected chi connectivity index (χ2v) is 9.41. The summed E-state index contributed by atoms with van der Waals surface area (Å²) in [4.78, 5) is 34.3. The monoisotopic (exact) mass is 472 g/mol. The van der Waals surface area contributed by atoms with Gasteiger partial charge in [-0.3, -0.25) is 14.6 Å². The molecule has 0 saturated carbocycles. The number of imidazole rings is 2. The zero-order valence-corrected chi connectivity index (χ0v) is 20.7. The molecule has 1 aromatic carbocycles. The number of rotatable bonds is 10. The van der Waals surface area contributed by atoms with Crippen molar-refractivity contribution in [1.29, 1.82) is 0 Å². The lowest BCUT2D eigenvalue weighted by atomic mass is 9.99. The van der Waals surface area contributed by atoms with Crippen LogP contribution in [0.25, 0.3) is 22.6 Å². The first kappa shape index (κ1) is 24.3. The van der Waals surface area contributed by atoms with E-state index >= 15 is 0 Å². The molecule has 4 aromatic rings. The molecule has 1 amide bonds. The molecule has 3 heterocycles. The maximum atomic E-state index is 11.9. The Morgan fingerprint density at radius 1 is 1.06 bits per heavy atom. The smallest absolute Gasteiger partial charge is 0.233 e. The highest BCUT2D eigenvalue weighted by atomic mass is 16.7. The van der Waals surface area contributed by atoms with Crippen molar-refractivity contribution in [3.8, 4) is 22.6 Å². The summed E-state index contributed by atoms with van der Waals surface area (Å²) in [7, 11) is 0. The minimum atomic E-state index is -0.497. The first-order chi connectivity index (χ1) is 16.9. The van der Waals surface area contributed by atoms with Crippen LogP contribution < -0.4 is 0 Å². The highest BCUT2D eigenvalue weighted by molar-refractivity contribution is 5.65. The van der Waals surface area contributed by atoms with Crippen molar-refractivity contribution in [3.63, 3.8) is 0 Å². The van der Waals surface area contributed by atoms with Crippen LogP contribution in [0.5, 0.6) is 0 Å². The van der Waals surface area contributed by atoms with Crippen LogP contribution in [0, 0.1) is 0 Å². The lowest BCUT2D eigenvalue weighted by Gasteiger charge is -2.30. The van der Waals surface area contributed by atoms with E-state index in [0.29, 0.717) is 6.54 Å². The molecular weight excluding hydrogens is 440 g/mol. The Labute approximate surface area is 206 Å². The SMILES string of the molecule is CCCn1c(-c2ccc(-c3ncc[nH]3)cc2)cnc1C(CN(C=O)OC(C)(C)C)c1ccncc1. The fourth-order valence-corrected chi connectivity index (χ4v) is 4.14. The molecule has 4 rings (SSSR count). The summed E-state index contributed by atoms with van der Waals surface area (Å²) >= 11 is 0. The van der Waals surface area contributed by atoms with E-state index in [1.807, 2.05) is 45.3 Å². The minimum Gasteiger partial charge on any atom is -0.345 e. The molecule has 0 aliphatic carbocycles. The summed E-state index contributed by atoms with van der Waals surface area (Å²) in [6, 6.07) is 12.2. The van der Waals surface area contributed by atoms with Crippen LogP contribution in [0.2, 0.25) is 0 Å². The van der Waals surface area contributed by atoms with Crippen molar-refractivity contribution >= 4 is 6.41 Å². The molecule has 3 aromatic heterocycles. The predicted molar refractivity (Wildman–Crippen MR) is 135 cm³/mol. The second-order valence-electron chi connectivity index (χ2n) is 9.41. The molecule has 8 nitrogen and oxygen atoms in total. The Morgan fingerprint density at radius 3 is 2.37 bits per heavy atom. The molecule has 0 bridgehead atoms. The molecule has 8 heteroatoms. The van der Waals surface area contributed by atoms with E-state index in [1.54, 1.807) is 18.6 Å². The predicted octanol–water partition coefficient (Wildman–Crippen LogP) is 5.07. The molecule has 0 fully saturated rings. The summed E-state index contributed by atoms with van der Waals surface area (Å²) in [5, 5.41) is 1.37. The highest BCUT2D eigenvalue weighted by Gasteiger charge is 2.27. The number of H-pyrrole nitrogens is 1. The number of benzene rings is 1. The summed E-state index contributed by atoms with van der Waals surface area (Å²) in [6.07, 6.45) is 10.7. The number of nitrogens with zero attached hydrogens (tertiary/aromatic N) is 5. The van der Waals surface area contributed by atoms with Crippen molar-refractivity contribution in [2.45, 2.75) is 52.2 Å². The lowest BCUT2D eigenvalue weighted by molar-refractivity contribution is -0.217. The van der Waals surface area contributed by atoms with Gasteiger partial charge in [-0.25, -0.2) is 15.0 Å². The first-order valence-corrected chi connectivity index (χ1v) is 11.9. The number of carbonyl (C=O) groups is 1. The van der Waals surface area contributed by atoms with Gasteiger partial charge in [-0.1, -0.05) is 31.2 Å². The van der Waals surface area contributed by atoms with Crippen molar-refractivity contribution in [2.24, 2.45) is 0 Å². The standard InChI is InChI=1S/C27H32N6O2/c1-5-16-33-24(21-6-8-22(9-7-21)25-29-14-15-30-25)17-31-26(33)23(20-10-12-28-13-11-20)18-32(19-34)35-27(2,3)4/h6-15,17,19,23H,5,16,18H2,1-4H3,(H,29,30). The first-order valence-electron chi connectivity index (χ1n) is 11.9. The number of aromatic amines is 1. The van der Waals surface area contributed by atoms with E-state index in [9.17, 15) is 4.79 Å². The van der Waals surface area contributed by atoms with Gasteiger partial charge in [-0.2, -0.15) is 0 Å². The van der Waals surface area contributed by atoms with E-state index in [0.717, 1.165) is 53.4 Å². The van der Waals surface area contributed by atoms with Crippen LogP contribution in [0.4, 0.5) is 0 Å². The van der Waals surface area contributed by atoms with Gasteiger partial charge in [0.25, 0.3) is 0 Å². The van der Waals surface area contributed by atoms with Gasteiger partial charge in [0.1, 0.15) is 11.6 Å². The van der Waals surface area contributed by atoms with E-state index in [2.05, 4.69) is 50.7 Å². The van der Waals surface area contributed by atoms with Crippen LogP contribution in [0.3, 0.4) is 0 Å². The van der Waals surface area contributed by atoms with Crippen LogP contribution in [0.15, 0.2) is 67.4 Å². The number of aromatic nitrogens is 5. The van der Waals surface area contributed by atoms with Crippen LogP contribution in [-0.2, 0) is 16.2 Å². The topological polar surface area (TPSA) is 88.9 Å². The van der Waals surface area contributed by atoms with Gasteiger partial charge in [0.05, 0.1) is 30.0 Å². The lowest BCUT2D eigenvalue weighted by Crippen LogP contribution is -2.36. The van der Waals surface area contributed by atoms with E-state index < -0.39 is 5.60 Å². The minimum absolute atomic E-state index is 0.187. The van der Waals surface area contributed by atoms with Gasteiger partial charge >= 0.3 is 0 Å². The van der Waals surface area contributed by atoms with Gasteiger partial charge in [-0.15, -0.1) is 0 Å². The molecule has 1 unspecified atom stereocenters. The molecule has 1 N–H and O–H groups in total. The van der Waals surface area contributed by atoms with Gasteiger partial charge in [0.15, 0.2) is 0 Å². The summed E-state index contributed by atoms with van der Waals surface area (Å²) in [5.41, 5.74) is 3.65. The number of hydrogen-bond donors (Lipinski definition) is 1. The van der Waals surface area contributed by atoms with Gasteiger partial charge in [0, 0.05) is 36.9 Å². The third-order valence-electron chi connectivity index (χ3n) is 5.58. The van der Waals surface area contributed by atoms with Crippen molar-refractivity contribution in [2.75, 3.05) is 6.54 Å². The number of carbonyl (C=O) groups excluding carboxylic acids is 1. The number of hydroxylamine groups is 2. The Morgan fingerprint density at radius 2 is 1.77 bits per heavy atom. The quantitative estimate of drug-likeness (QED) is 0.257. The maximum Gasteiger partial charge on any atom is 0.233 e. The third-order valence-corrected chi connectivity index (χ3v) is 5.58. The van der Waals surface area contributed by atoms with Crippen LogP contribution in [-0.4, -0.2) is 48.1 Å². The highest BCUT2D eigenvalue weighted by Crippen LogP contribution is 2.31. The van der Waals surface area contributed by atoms with Crippen molar-refractivity contribution in [3.05, 3.63) is 78.8 Å². The molecule has 35 heavy (non-hydrogen) atoms. The molecule has 0 radical (unpaired) electrons. The molecule has 0 aliphatic rings. The fourth-order valence-electron chi connectivity index (χ4n) is 4.14. The summed E-state index contributed by atoms with van der Waals surface area (Å²) in [5.74, 6) is 1.53. The van der Waals surface area contributed by atoms with E-state index in [1.165, 1.54) is 5.06 Å². The number of amides is 1. The molecule has 0 saturated heterocycles. The number of pyridine rings is 1. The normalized spacial score (nSPS) is 12.5. The Bertz CT molecular complexity index is 1210. The molecule has 0 aliphatic heterocycles. The number of hydrogen-bond acceptors (Lipinski definition) is 5. The maximum absolute atomic E-state index is 11.9. The molecule has 0 spiro atoms. The van der Waals surface area contributed by atoms with Gasteiger partial charge in [0.2, 0.25) is 6.41 Å². The Hall–Kier alpha value is -3.78. The van der Waals surface area contributed by atoms with E-state index in [4.69, 9.17) is 9.82 Å². The Kier molecular flexibility index (Phi) is 7.41. The molecule has 1 atom stereocenters. The van der Waals surface area contributed by atoms with Crippen LogP contribution >= 0.6 is 0 Å². The third kappa shape index (κ3) is 5.84. The molecular formula is C27H32N6O2. The van der Waals surface area contributed by atoms with Crippen molar-refractivity contribution in [1.82, 2.24) is 29.6 Å². The summed E-state index contributed by atoms with van der Waals surface area (Å²) in [6.45, 7) is 9.06. The van der Waals surface area contributed by atoms with Gasteiger partial charge in [-0.05, 0) is 50.5 Å². The largest absolute Gasteiger partial charge is 0.345 e.